The lowest BCUT2D eigenvalue weighted by Gasteiger charge is -1.97. The Morgan fingerprint density at radius 3 is 2.92 bits per heavy atom. The van der Waals surface area contributed by atoms with E-state index < -0.39 is 0 Å². The zero-order valence-corrected chi connectivity index (χ0v) is 8.28. The summed E-state index contributed by atoms with van der Waals surface area (Å²) in [6.07, 6.45) is 0. The second kappa shape index (κ2) is 4.53. The van der Waals surface area contributed by atoms with Crippen molar-refractivity contribution in [1.29, 1.82) is 0 Å². The van der Waals surface area contributed by atoms with Gasteiger partial charge in [-0.15, -0.1) is 0 Å². The van der Waals surface area contributed by atoms with E-state index in [-0.39, 0.29) is 5.12 Å². The third-order valence-corrected chi connectivity index (χ3v) is 2.36. The molecule has 0 saturated carbocycles. The van der Waals surface area contributed by atoms with Crippen molar-refractivity contribution in [2.75, 3.05) is 5.75 Å². The summed E-state index contributed by atoms with van der Waals surface area (Å²) in [7, 11) is 0. The first kappa shape index (κ1) is 9.62. The first-order valence-electron chi connectivity index (χ1n) is 3.66. The van der Waals surface area contributed by atoms with Gasteiger partial charge in [0.1, 0.15) is 0 Å². The monoisotopic (exact) mass is 200 g/mol. The van der Waals surface area contributed by atoms with E-state index >= 15 is 0 Å². The Kier molecular flexibility index (Phi) is 3.63. The largest absolute Gasteiger partial charge is 0.282 e. The molecule has 0 spiro atoms. The van der Waals surface area contributed by atoms with Gasteiger partial charge >= 0.3 is 0 Å². The molecule has 0 heterocycles. The van der Waals surface area contributed by atoms with Crippen LogP contribution >= 0.6 is 23.4 Å². The maximum Gasteiger partial charge on any atom is 0.219 e. The summed E-state index contributed by atoms with van der Waals surface area (Å²) in [5.41, 5.74) is 0.675. The molecule has 12 heavy (non-hydrogen) atoms. The molecule has 1 aromatic rings. The fourth-order valence-corrected chi connectivity index (χ4v) is 1.58. The van der Waals surface area contributed by atoms with Crippen molar-refractivity contribution in [3.8, 4) is 0 Å². The minimum atomic E-state index is 0.0833. The fourth-order valence-electron chi connectivity index (χ4n) is 0.830. The number of thioether (sulfide) groups is 1. The van der Waals surface area contributed by atoms with Crippen LogP contribution in [-0.2, 0) is 0 Å². The van der Waals surface area contributed by atoms with Crippen LogP contribution in [0.25, 0.3) is 0 Å². The molecule has 64 valence electrons. The van der Waals surface area contributed by atoms with Gasteiger partial charge in [-0.25, -0.2) is 0 Å². The minimum absolute atomic E-state index is 0.0833. The lowest BCUT2D eigenvalue weighted by atomic mass is 10.2. The predicted molar refractivity (Wildman–Crippen MR) is 53.9 cm³/mol. The van der Waals surface area contributed by atoms with Gasteiger partial charge in [0.05, 0.1) is 0 Å². The summed E-state index contributed by atoms with van der Waals surface area (Å²) in [5.74, 6) is 0.797. The Bertz CT molecular complexity index is 286. The van der Waals surface area contributed by atoms with Gasteiger partial charge in [0.15, 0.2) is 0 Å². The van der Waals surface area contributed by atoms with E-state index in [1.165, 1.54) is 11.8 Å². The van der Waals surface area contributed by atoms with Crippen molar-refractivity contribution < 1.29 is 4.79 Å². The Balaban J connectivity index is 2.81. The van der Waals surface area contributed by atoms with Crippen LogP contribution in [0.15, 0.2) is 24.3 Å². The van der Waals surface area contributed by atoms with E-state index in [4.69, 9.17) is 11.6 Å². The highest BCUT2D eigenvalue weighted by atomic mass is 35.5. The molecule has 1 rings (SSSR count). The summed E-state index contributed by atoms with van der Waals surface area (Å²) < 4.78 is 0. The highest BCUT2D eigenvalue weighted by Crippen LogP contribution is 2.16. The summed E-state index contributed by atoms with van der Waals surface area (Å²) in [4.78, 5) is 11.3. The van der Waals surface area contributed by atoms with E-state index in [0.29, 0.717) is 10.6 Å². The van der Waals surface area contributed by atoms with Gasteiger partial charge in [-0.2, -0.15) is 0 Å². The molecule has 1 nitrogen and oxygen atoms in total. The van der Waals surface area contributed by atoms with E-state index in [2.05, 4.69) is 0 Å². The molecular weight excluding hydrogens is 192 g/mol. The highest BCUT2D eigenvalue weighted by molar-refractivity contribution is 8.14. The van der Waals surface area contributed by atoms with E-state index in [1.54, 1.807) is 24.3 Å². The van der Waals surface area contributed by atoms with Gasteiger partial charge in [0, 0.05) is 10.6 Å². The number of hydrogen-bond donors (Lipinski definition) is 0. The number of benzene rings is 1. The summed E-state index contributed by atoms with van der Waals surface area (Å²) in [6.45, 7) is 1.95. The van der Waals surface area contributed by atoms with Gasteiger partial charge in [-0.05, 0) is 17.9 Å². The SMILES string of the molecule is CCSC(=O)c1cccc(Cl)c1. The lowest BCUT2D eigenvalue weighted by molar-refractivity contribution is 0.108. The molecular formula is C9H9ClOS. The van der Waals surface area contributed by atoms with E-state index in [9.17, 15) is 4.79 Å². The van der Waals surface area contributed by atoms with Crippen LogP contribution < -0.4 is 0 Å². The van der Waals surface area contributed by atoms with Crippen LogP contribution in [0, 0.1) is 0 Å². The fraction of sp³-hybridized carbons (Fsp3) is 0.222. The first-order valence-corrected chi connectivity index (χ1v) is 5.03. The van der Waals surface area contributed by atoms with E-state index in [0.717, 1.165) is 5.75 Å². The molecule has 0 unspecified atom stereocenters. The smallest absolute Gasteiger partial charge is 0.219 e. The van der Waals surface area contributed by atoms with E-state index in [1.807, 2.05) is 6.92 Å². The predicted octanol–water partition coefficient (Wildman–Crippen LogP) is 3.23. The number of carbonyl (C=O) groups is 1. The minimum Gasteiger partial charge on any atom is -0.282 e. The number of halogens is 1. The first-order chi connectivity index (χ1) is 5.74. The van der Waals surface area contributed by atoms with Crippen molar-refractivity contribution in [3.05, 3.63) is 34.9 Å². The zero-order chi connectivity index (χ0) is 8.97. The number of carbonyl (C=O) groups excluding carboxylic acids is 1. The Morgan fingerprint density at radius 1 is 1.58 bits per heavy atom. The standard InChI is InChI=1S/C9H9ClOS/c1-2-12-9(11)7-4-3-5-8(10)6-7/h3-6H,2H2,1H3. The summed E-state index contributed by atoms with van der Waals surface area (Å²) in [5, 5.41) is 0.692. The molecule has 0 N–H and O–H groups in total. The molecule has 0 amide bonds. The molecule has 3 heteroatoms. The number of rotatable bonds is 2. The topological polar surface area (TPSA) is 17.1 Å². The Morgan fingerprint density at radius 2 is 2.33 bits per heavy atom. The van der Waals surface area contributed by atoms with Crippen molar-refractivity contribution in [2.24, 2.45) is 0 Å². The van der Waals surface area contributed by atoms with Crippen molar-refractivity contribution >= 4 is 28.5 Å². The quantitative estimate of drug-likeness (QED) is 0.729. The molecule has 1 aromatic carbocycles. The van der Waals surface area contributed by atoms with Gasteiger partial charge in [-0.3, -0.25) is 4.79 Å². The summed E-state index contributed by atoms with van der Waals surface area (Å²) >= 11 is 7.02. The molecule has 0 aliphatic rings. The molecule has 0 aliphatic heterocycles. The molecule has 0 saturated heterocycles. The molecule has 0 radical (unpaired) electrons. The molecule has 0 atom stereocenters. The van der Waals surface area contributed by atoms with Crippen LogP contribution in [0.5, 0.6) is 0 Å². The average Bonchev–Trinajstić information content (AvgIpc) is 2.05. The number of hydrogen-bond acceptors (Lipinski definition) is 2. The molecule has 0 bridgehead atoms. The molecule has 0 aromatic heterocycles. The van der Waals surface area contributed by atoms with Crippen molar-refractivity contribution in [1.82, 2.24) is 0 Å². The van der Waals surface area contributed by atoms with Crippen molar-refractivity contribution in [3.63, 3.8) is 0 Å². The van der Waals surface area contributed by atoms with Crippen LogP contribution in [0.4, 0.5) is 0 Å². The third kappa shape index (κ3) is 2.54. The maximum absolute atomic E-state index is 11.3. The Hall–Kier alpha value is -0.470. The second-order valence-electron chi connectivity index (χ2n) is 2.23. The zero-order valence-electron chi connectivity index (χ0n) is 6.71. The van der Waals surface area contributed by atoms with Gasteiger partial charge in [0.25, 0.3) is 0 Å². The van der Waals surface area contributed by atoms with Crippen LogP contribution in [0.3, 0.4) is 0 Å². The van der Waals surface area contributed by atoms with Gasteiger partial charge < -0.3 is 0 Å². The lowest BCUT2D eigenvalue weighted by Crippen LogP contribution is -1.92. The third-order valence-electron chi connectivity index (χ3n) is 1.34. The van der Waals surface area contributed by atoms with Crippen molar-refractivity contribution in [2.45, 2.75) is 6.92 Å². The van der Waals surface area contributed by atoms with Crippen LogP contribution in [-0.4, -0.2) is 10.9 Å². The maximum atomic E-state index is 11.3. The average molecular weight is 201 g/mol. The van der Waals surface area contributed by atoms with Gasteiger partial charge in [0.2, 0.25) is 5.12 Å². The second-order valence-corrected chi connectivity index (χ2v) is 3.90. The van der Waals surface area contributed by atoms with Gasteiger partial charge in [-0.1, -0.05) is 42.4 Å². The van der Waals surface area contributed by atoms with Crippen LogP contribution in [0.2, 0.25) is 5.02 Å². The molecule has 0 aliphatic carbocycles. The normalized spacial score (nSPS) is 9.83. The molecule has 0 fully saturated rings. The van der Waals surface area contributed by atoms with Crippen LogP contribution in [0.1, 0.15) is 17.3 Å². The Labute approximate surface area is 81.1 Å². The summed E-state index contributed by atoms with van der Waals surface area (Å²) in [6, 6.07) is 7.00. The highest BCUT2D eigenvalue weighted by Gasteiger charge is 2.04.